The lowest BCUT2D eigenvalue weighted by Gasteiger charge is -2.12. The Balaban J connectivity index is 1.98. The number of Topliss-reactive ketones (excluding diaryl/α,β-unsaturated/α-hetero) is 1. The molecule has 0 bridgehead atoms. The number of rotatable bonds is 9. The zero-order valence-electron chi connectivity index (χ0n) is 18.3. The van der Waals surface area contributed by atoms with Gasteiger partial charge in [-0.05, 0) is 55.0 Å². The van der Waals surface area contributed by atoms with Crippen LogP contribution in [0.25, 0.3) is 6.08 Å². The molecule has 0 unspecified atom stereocenters. The van der Waals surface area contributed by atoms with Gasteiger partial charge in [0.05, 0.1) is 14.2 Å². The summed E-state index contributed by atoms with van der Waals surface area (Å²) in [5.41, 5.74) is 1.66. The van der Waals surface area contributed by atoms with Crippen LogP contribution in [0.2, 0.25) is 0 Å². The Morgan fingerprint density at radius 1 is 0.903 bits per heavy atom. The fourth-order valence-electron chi connectivity index (χ4n) is 2.60. The van der Waals surface area contributed by atoms with E-state index in [4.69, 9.17) is 14.2 Å². The van der Waals surface area contributed by atoms with Gasteiger partial charge in [-0.3, -0.25) is 9.59 Å². The van der Waals surface area contributed by atoms with Crippen LogP contribution in [0.3, 0.4) is 0 Å². The van der Waals surface area contributed by atoms with Gasteiger partial charge in [-0.2, -0.15) is 0 Å². The van der Waals surface area contributed by atoms with Crippen LogP contribution in [0.1, 0.15) is 36.7 Å². The molecule has 2 aromatic carbocycles. The third-order valence-electron chi connectivity index (χ3n) is 4.41. The van der Waals surface area contributed by atoms with Crippen molar-refractivity contribution in [3.8, 4) is 11.5 Å². The number of hydrogen-bond acceptors (Lipinski definition) is 6. The van der Waals surface area contributed by atoms with Gasteiger partial charge in [0.25, 0.3) is 0 Å². The second kappa shape index (κ2) is 11.0. The summed E-state index contributed by atoms with van der Waals surface area (Å²) in [6.07, 6.45) is 1.83. The van der Waals surface area contributed by atoms with E-state index in [1.54, 1.807) is 62.4 Å². The third-order valence-corrected chi connectivity index (χ3v) is 4.41. The van der Waals surface area contributed by atoms with Crippen LogP contribution in [-0.2, 0) is 14.3 Å². The summed E-state index contributed by atoms with van der Waals surface area (Å²) >= 11 is 0. The number of carbonyl (C=O) groups excluding carboxylic acids is 3. The molecule has 0 aliphatic rings. The average molecular weight is 425 g/mol. The first-order valence-corrected chi connectivity index (χ1v) is 9.80. The maximum absolute atomic E-state index is 12.5. The van der Waals surface area contributed by atoms with E-state index in [1.807, 2.05) is 0 Å². The number of ketones is 1. The number of hydrogen-bond donors (Lipinski definition) is 1. The second-order valence-electron chi connectivity index (χ2n) is 7.14. The molecule has 7 heteroatoms. The summed E-state index contributed by atoms with van der Waals surface area (Å²) in [6, 6.07) is 11.6. The lowest BCUT2D eigenvalue weighted by molar-refractivity contribution is -0.140. The third kappa shape index (κ3) is 6.99. The van der Waals surface area contributed by atoms with Crippen LogP contribution in [0.5, 0.6) is 11.5 Å². The lowest BCUT2D eigenvalue weighted by atomic mass is 10.1. The summed E-state index contributed by atoms with van der Waals surface area (Å²) in [5.74, 6) is -0.0726. The lowest BCUT2D eigenvalue weighted by Crippen LogP contribution is -2.23. The summed E-state index contributed by atoms with van der Waals surface area (Å²) in [5, 5.41) is 2.75. The van der Waals surface area contributed by atoms with E-state index in [0.717, 1.165) is 0 Å². The van der Waals surface area contributed by atoms with E-state index in [-0.39, 0.29) is 17.6 Å². The molecule has 0 saturated carbocycles. The molecule has 0 aromatic heterocycles. The highest BCUT2D eigenvalue weighted by Crippen LogP contribution is 2.23. The molecule has 1 N–H and O–H groups in total. The van der Waals surface area contributed by atoms with Gasteiger partial charge in [0.15, 0.2) is 6.10 Å². The van der Waals surface area contributed by atoms with Crippen molar-refractivity contribution in [2.75, 3.05) is 19.5 Å². The van der Waals surface area contributed by atoms with Crippen LogP contribution in [0.15, 0.2) is 48.5 Å². The second-order valence-corrected chi connectivity index (χ2v) is 7.14. The van der Waals surface area contributed by atoms with Crippen molar-refractivity contribution in [3.05, 3.63) is 59.7 Å². The Hall–Kier alpha value is -3.61. The van der Waals surface area contributed by atoms with E-state index in [9.17, 15) is 14.4 Å². The summed E-state index contributed by atoms with van der Waals surface area (Å²) in [4.78, 5) is 36.4. The van der Waals surface area contributed by atoms with Gasteiger partial charge < -0.3 is 19.5 Å². The van der Waals surface area contributed by atoms with Crippen molar-refractivity contribution >= 4 is 29.4 Å². The van der Waals surface area contributed by atoms with Crippen LogP contribution in [0, 0.1) is 5.92 Å². The van der Waals surface area contributed by atoms with Gasteiger partial charge in [-0.1, -0.05) is 13.8 Å². The zero-order valence-corrected chi connectivity index (χ0v) is 18.3. The molecule has 0 radical (unpaired) electrons. The first kappa shape index (κ1) is 23.7. The summed E-state index contributed by atoms with van der Waals surface area (Å²) in [6.45, 7) is 5.10. The Kier molecular flexibility index (Phi) is 8.37. The topological polar surface area (TPSA) is 90.9 Å². The Labute approximate surface area is 182 Å². The number of ether oxygens (including phenoxy) is 3. The van der Waals surface area contributed by atoms with Crippen molar-refractivity contribution in [2.24, 2.45) is 5.92 Å². The molecule has 0 aliphatic heterocycles. The van der Waals surface area contributed by atoms with Crippen molar-refractivity contribution in [3.63, 3.8) is 0 Å². The highest BCUT2D eigenvalue weighted by molar-refractivity contribution is 6.01. The summed E-state index contributed by atoms with van der Waals surface area (Å²) in [7, 11) is 3.07. The number of nitrogens with one attached hydrogen (secondary N) is 1. The molecule has 7 nitrogen and oxygen atoms in total. The fraction of sp³-hybridized carbons (Fsp3) is 0.292. The van der Waals surface area contributed by atoms with Gasteiger partial charge in [0, 0.05) is 29.3 Å². The zero-order chi connectivity index (χ0) is 23.0. The van der Waals surface area contributed by atoms with Gasteiger partial charge in [-0.15, -0.1) is 0 Å². The minimum absolute atomic E-state index is 0.109. The van der Waals surface area contributed by atoms with Crippen LogP contribution < -0.4 is 14.8 Å². The van der Waals surface area contributed by atoms with E-state index in [0.29, 0.717) is 28.3 Å². The van der Waals surface area contributed by atoms with E-state index < -0.39 is 12.1 Å². The maximum Gasteiger partial charge on any atom is 0.331 e. The molecule has 0 aliphatic carbocycles. The number of methoxy groups -OCH3 is 2. The molecule has 2 rings (SSSR count). The molecular weight excluding hydrogens is 398 g/mol. The Morgan fingerprint density at radius 2 is 1.48 bits per heavy atom. The number of anilines is 1. The molecule has 0 saturated heterocycles. The van der Waals surface area contributed by atoms with E-state index in [2.05, 4.69) is 5.32 Å². The minimum Gasteiger partial charge on any atom is -0.497 e. The van der Waals surface area contributed by atoms with Gasteiger partial charge in [-0.25, -0.2) is 4.79 Å². The predicted octanol–water partition coefficient (Wildman–Crippen LogP) is 4.13. The highest BCUT2D eigenvalue weighted by atomic mass is 16.5. The minimum atomic E-state index is -0.965. The first-order valence-electron chi connectivity index (χ1n) is 9.80. The normalized spacial score (nSPS) is 11.8. The van der Waals surface area contributed by atoms with Crippen molar-refractivity contribution in [2.45, 2.75) is 26.9 Å². The highest BCUT2D eigenvalue weighted by Gasteiger charge is 2.18. The van der Waals surface area contributed by atoms with Gasteiger partial charge >= 0.3 is 5.97 Å². The smallest absolute Gasteiger partial charge is 0.331 e. The molecule has 0 fully saturated rings. The number of benzene rings is 2. The van der Waals surface area contributed by atoms with Crippen LogP contribution in [-0.4, -0.2) is 38.0 Å². The van der Waals surface area contributed by atoms with Gasteiger partial charge in [0.2, 0.25) is 11.7 Å². The van der Waals surface area contributed by atoms with Crippen molar-refractivity contribution in [1.82, 2.24) is 0 Å². The number of esters is 1. The van der Waals surface area contributed by atoms with Crippen LogP contribution in [0.4, 0.5) is 5.69 Å². The Morgan fingerprint density at radius 3 is 2.00 bits per heavy atom. The molecule has 1 amide bonds. The summed E-state index contributed by atoms with van der Waals surface area (Å²) < 4.78 is 15.6. The number of carbonyl (C=O) groups is 3. The number of amides is 1. The van der Waals surface area contributed by atoms with E-state index >= 15 is 0 Å². The Bertz CT molecular complexity index is 940. The van der Waals surface area contributed by atoms with Crippen molar-refractivity contribution in [1.29, 1.82) is 0 Å². The first-order chi connectivity index (χ1) is 14.7. The average Bonchev–Trinajstić information content (AvgIpc) is 2.77. The molecular formula is C24H27NO6. The standard InChI is InChI=1S/C24H27NO6/c1-15(2)24(28)25-19-9-7-18(8-10-19)23(27)16(3)31-22(26)11-6-17-12-20(29-4)14-21(13-17)30-5/h6-16H,1-5H3,(H,25,28)/b11-6+/t16-/m1/s1. The molecule has 0 spiro atoms. The van der Waals surface area contributed by atoms with Gasteiger partial charge in [0.1, 0.15) is 11.5 Å². The van der Waals surface area contributed by atoms with Crippen LogP contribution >= 0.6 is 0 Å². The fourth-order valence-corrected chi connectivity index (χ4v) is 2.60. The molecule has 31 heavy (non-hydrogen) atoms. The largest absolute Gasteiger partial charge is 0.497 e. The SMILES string of the molecule is COc1cc(/C=C/C(=O)O[C@H](C)C(=O)c2ccc(NC(=O)C(C)C)cc2)cc(OC)c1. The van der Waals surface area contributed by atoms with E-state index in [1.165, 1.54) is 27.2 Å². The molecule has 2 aromatic rings. The predicted molar refractivity (Wildman–Crippen MR) is 118 cm³/mol. The maximum atomic E-state index is 12.5. The van der Waals surface area contributed by atoms with Crippen molar-refractivity contribution < 1.29 is 28.6 Å². The molecule has 164 valence electrons. The molecule has 0 heterocycles. The quantitative estimate of drug-likeness (QED) is 0.369. The molecule has 1 atom stereocenters. The monoisotopic (exact) mass is 425 g/mol.